The number of rotatable bonds is 9. The fraction of sp³-hybridized carbons (Fsp3) is 0.208. The number of carbonyl (C=O) groups excluding carboxylic acids is 1. The molecular weight excluding hydrogens is 400 g/mol. The molecule has 0 heterocycles. The van der Waals surface area contributed by atoms with Gasteiger partial charge in [0.15, 0.2) is 0 Å². The largest absolute Gasteiger partial charge is 0.465 e. The van der Waals surface area contributed by atoms with Crippen LogP contribution in [0.25, 0.3) is 11.1 Å². The SMILES string of the molecule is COC(=O)c1cccc(-c2cccc(NCCNC[C@H](O)c3cccc(Cl)c3)c2)c1. The number of carbonyl (C=O) groups is 1. The summed E-state index contributed by atoms with van der Waals surface area (Å²) in [6.07, 6.45) is -0.603. The number of esters is 1. The zero-order valence-corrected chi connectivity index (χ0v) is 17.5. The number of nitrogens with one attached hydrogen (secondary N) is 2. The van der Waals surface area contributed by atoms with Crippen LogP contribution in [0.4, 0.5) is 5.69 Å². The topological polar surface area (TPSA) is 70.6 Å². The summed E-state index contributed by atoms with van der Waals surface area (Å²) in [6, 6.07) is 22.6. The third-order valence-electron chi connectivity index (χ3n) is 4.68. The van der Waals surface area contributed by atoms with Gasteiger partial charge in [0.25, 0.3) is 0 Å². The van der Waals surface area contributed by atoms with Gasteiger partial charge in [-0.15, -0.1) is 0 Å². The molecule has 6 heteroatoms. The number of anilines is 1. The van der Waals surface area contributed by atoms with Crippen LogP contribution < -0.4 is 10.6 Å². The summed E-state index contributed by atoms with van der Waals surface area (Å²) in [4.78, 5) is 11.8. The molecule has 0 aromatic heterocycles. The van der Waals surface area contributed by atoms with Crippen LogP contribution in [0.5, 0.6) is 0 Å². The van der Waals surface area contributed by atoms with Gasteiger partial charge >= 0.3 is 5.97 Å². The van der Waals surface area contributed by atoms with E-state index in [1.807, 2.05) is 54.6 Å². The predicted octanol–water partition coefficient (Wildman–Crippen LogP) is 4.53. The van der Waals surface area contributed by atoms with Gasteiger partial charge in [0.1, 0.15) is 0 Å². The summed E-state index contributed by atoms with van der Waals surface area (Å²) < 4.78 is 4.80. The lowest BCUT2D eigenvalue weighted by Gasteiger charge is -2.13. The molecule has 3 aromatic rings. The van der Waals surface area contributed by atoms with Crippen LogP contribution in [0.15, 0.2) is 72.8 Å². The van der Waals surface area contributed by atoms with Gasteiger partial charge in [0.05, 0.1) is 18.8 Å². The standard InChI is InChI=1S/C24H25ClN2O3/c1-30-24(29)20-8-2-5-17(13-20)18-6-4-10-22(15-18)27-12-11-26-16-23(28)19-7-3-9-21(25)14-19/h2-10,13-15,23,26-28H,11-12,16H2,1H3/t23-/m0/s1. The second kappa shape index (κ2) is 10.8. The summed E-state index contributed by atoms with van der Waals surface area (Å²) in [5.41, 5.74) is 4.26. The van der Waals surface area contributed by atoms with Crippen LogP contribution in [-0.2, 0) is 4.74 Å². The number of halogens is 1. The predicted molar refractivity (Wildman–Crippen MR) is 121 cm³/mol. The molecule has 1 atom stereocenters. The summed E-state index contributed by atoms with van der Waals surface area (Å²) in [6.45, 7) is 1.84. The first-order valence-electron chi connectivity index (χ1n) is 9.74. The van der Waals surface area contributed by atoms with Gasteiger partial charge in [-0.3, -0.25) is 0 Å². The maximum Gasteiger partial charge on any atom is 0.337 e. The Hall–Kier alpha value is -2.86. The molecule has 3 rings (SSSR count). The molecule has 0 amide bonds. The Morgan fingerprint density at radius 1 is 1.00 bits per heavy atom. The van der Waals surface area contributed by atoms with Crippen molar-refractivity contribution in [3.05, 3.63) is 88.9 Å². The van der Waals surface area contributed by atoms with E-state index in [2.05, 4.69) is 10.6 Å². The van der Waals surface area contributed by atoms with Crippen molar-refractivity contribution in [3.63, 3.8) is 0 Å². The lowest BCUT2D eigenvalue weighted by molar-refractivity contribution is 0.0601. The van der Waals surface area contributed by atoms with E-state index in [1.165, 1.54) is 7.11 Å². The Labute approximate surface area is 181 Å². The quantitative estimate of drug-likeness (QED) is 0.348. The van der Waals surface area contributed by atoms with Gasteiger partial charge in [-0.1, -0.05) is 48.0 Å². The van der Waals surface area contributed by atoms with Crippen molar-refractivity contribution in [1.82, 2.24) is 5.32 Å². The van der Waals surface area contributed by atoms with Crippen LogP contribution in [0.3, 0.4) is 0 Å². The molecule has 3 N–H and O–H groups in total. The molecule has 0 aliphatic rings. The molecule has 0 unspecified atom stereocenters. The highest BCUT2D eigenvalue weighted by atomic mass is 35.5. The summed E-state index contributed by atoms with van der Waals surface area (Å²) in [5.74, 6) is -0.350. The van der Waals surface area contributed by atoms with Gasteiger partial charge in [0, 0.05) is 30.3 Å². The Morgan fingerprint density at radius 2 is 1.73 bits per heavy atom. The van der Waals surface area contributed by atoms with Crippen molar-refractivity contribution in [2.75, 3.05) is 32.1 Å². The van der Waals surface area contributed by atoms with Crippen LogP contribution >= 0.6 is 11.6 Å². The fourth-order valence-corrected chi connectivity index (χ4v) is 3.32. The van der Waals surface area contributed by atoms with Crippen molar-refractivity contribution in [3.8, 4) is 11.1 Å². The highest BCUT2D eigenvalue weighted by molar-refractivity contribution is 6.30. The van der Waals surface area contributed by atoms with Crippen LogP contribution in [0.1, 0.15) is 22.0 Å². The third kappa shape index (κ3) is 6.07. The highest BCUT2D eigenvalue weighted by Crippen LogP contribution is 2.24. The van der Waals surface area contributed by atoms with Gasteiger partial charge in [-0.2, -0.15) is 0 Å². The lowest BCUT2D eigenvalue weighted by atomic mass is 10.0. The Morgan fingerprint density at radius 3 is 2.50 bits per heavy atom. The van der Waals surface area contributed by atoms with E-state index in [4.69, 9.17) is 16.3 Å². The molecule has 30 heavy (non-hydrogen) atoms. The van der Waals surface area contributed by atoms with Crippen LogP contribution in [0, 0.1) is 0 Å². The minimum atomic E-state index is -0.603. The molecule has 0 saturated carbocycles. The first kappa shape index (κ1) is 21.8. The highest BCUT2D eigenvalue weighted by Gasteiger charge is 2.08. The number of ether oxygens (including phenoxy) is 1. The summed E-state index contributed by atoms with van der Waals surface area (Å²) in [7, 11) is 1.38. The monoisotopic (exact) mass is 424 g/mol. The Balaban J connectivity index is 1.51. The van der Waals surface area contributed by atoms with Gasteiger partial charge in [0.2, 0.25) is 0 Å². The summed E-state index contributed by atoms with van der Waals surface area (Å²) in [5, 5.41) is 17.5. The molecule has 156 valence electrons. The van der Waals surface area contributed by atoms with E-state index in [0.717, 1.165) is 22.4 Å². The second-order valence-electron chi connectivity index (χ2n) is 6.85. The van der Waals surface area contributed by atoms with Crippen molar-refractivity contribution in [2.45, 2.75) is 6.10 Å². The van der Waals surface area contributed by atoms with Crippen molar-refractivity contribution >= 4 is 23.3 Å². The lowest BCUT2D eigenvalue weighted by Crippen LogP contribution is -2.26. The molecule has 0 aliphatic carbocycles. The molecule has 0 fully saturated rings. The summed E-state index contributed by atoms with van der Waals surface area (Å²) >= 11 is 5.96. The first-order chi connectivity index (χ1) is 14.6. The number of hydrogen-bond donors (Lipinski definition) is 3. The smallest absolute Gasteiger partial charge is 0.337 e. The fourth-order valence-electron chi connectivity index (χ4n) is 3.12. The molecule has 0 radical (unpaired) electrons. The minimum absolute atomic E-state index is 0.350. The van der Waals surface area contributed by atoms with Crippen molar-refractivity contribution < 1.29 is 14.6 Å². The maximum absolute atomic E-state index is 11.8. The first-order valence-corrected chi connectivity index (χ1v) is 10.1. The molecule has 0 spiro atoms. The molecule has 0 bridgehead atoms. The van der Waals surface area contributed by atoms with E-state index >= 15 is 0 Å². The van der Waals surface area contributed by atoms with E-state index < -0.39 is 6.10 Å². The minimum Gasteiger partial charge on any atom is -0.465 e. The zero-order valence-electron chi connectivity index (χ0n) is 16.8. The third-order valence-corrected chi connectivity index (χ3v) is 4.92. The molecule has 0 aliphatic heterocycles. The average Bonchev–Trinajstić information content (AvgIpc) is 2.78. The van der Waals surface area contributed by atoms with E-state index in [0.29, 0.717) is 30.2 Å². The number of aliphatic hydroxyl groups excluding tert-OH is 1. The normalized spacial score (nSPS) is 11.7. The molecule has 3 aromatic carbocycles. The number of benzene rings is 3. The number of methoxy groups -OCH3 is 1. The van der Waals surface area contributed by atoms with E-state index in [-0.39, 0.29) is 5.97 Å². The van der Waals surface area contributed by atoms with Gasteiger partial charge in [-0.05, 0) is 53.1 Å². The van der Waals surface area contributed by atoms with Crippen molar-refractivity contribution in [1.29, 1.82) is 0 Å². The second-order valence-corrected chi connectivity index (χ2v) is 7.29. The maximum atomic E-state index is 11.8. The average molecular weight is 425 g/mol. The Bertz CT molecular complexity index is 993. The van der Waals surface area contributed by atoms with Gasteiger partial charge in [-0.25, -0.2) is 4.79 Å². The Kier molecular flexibility index (Phi) is 7.85. The molecule has 5 nitrogen and oxygen atoms in total. The van der Waals surface area contributed by atoms with Crippen LogP contribution in [-0.4, -0.2) is 37.8 Å². The van der Waals surface area contributed by atoms with Gasteiger partial charge < -0.3 is 20.5 Å². The van der Waals surface area contributed by atoms with E-state index in [1.54, 1.807) is 18.2 Å². The number of hydrogen-bond acceptors (Lipinski definition) is 5. The van der Waals surface area contributed by atoms with Crippen molar-refractivity contribution in [2.24, 2.45) is 0 Å². The molecular formula is C24H25ClN2O3. The molecule has 0 saturated heterocycles. The van der Waals surface area contributed by atoms with Crippen LogP contribution in [0.2, 0.25) is 5.02 Å². The zero-order chi connectivity index (χ0) is 21.3. The number of aliphatic hydroxyl groups is 1. The van der Waals surface area contributed by atoms with E-state index in [9.17, 15) is 9.90 Å².